The number of rotatable bonds is 2. The fraction of sp³-hybridized carbons (Fsp3) is 0.875. The molecule has 1 amide bonds. The molecule has 0 aliphatic heterocycles. The molecule has 1 unspecified atom stereocenters. The van der Waals surface area contributed by atoms with Gasteiger partial charge in [0.15, 0.2) is 5.78 Å². The molecule has 0 fully saturated rings. The zero-order chi connectivity index (χ0) is 17.1. The molecule has 0 spiro atoms. The van der Waals surface area contributed by atoms with Gasteiger partial charge in [-0.2, -0.15) is 0 Å². The first kappa shape index (κ1) is 24.0. The second-order valence-electron chi connectivity index (χ2n) is 6.06. The van der Waals surface area contributed by atoms with Crippen molar-refractivity contribution in [2.75, 3.05) is 0 Å². The van der Waals surface area contributed by atoms with Crippen molar-refractivity contribution in [1.82, 2.24) is 5.32 Å². The van der Waals surface area contributed by atoms with Crippen molar-refractivity contribution in [2.45, 2.75) is 87.8 Å². The van der Waals surface area contributed by atoms with Crippen molar-refractivity contribution in [3.8, 4) is 0 Å². The molecule has 0 aromatic rings. The number of hydrogen-bond donors (Lipinski definition) is 1. The largest absolute Gasteiger partial charge is 0.444 e. The van der Waals surface area contributed by atoms with Gasteiger partial charge in [0.2, 0.25) is 0 Å². The molecule has 0 aliphatic rings. The Morgan fingerprint density at radius 1 is 0.900 bits per heavy atom. The van der Waals surface area contributed by atoms with Gasteiger partial charge in [0.05, 0.1) is 6.04 Å². The standard InChI is InChI=1S/C12H23NO3.2C2H6/c1-8(14)9(11(2,3)4)13-10(15)16-12(5,6)7;2*1-2/h9H,1-7H3,(H,13,15);2*1-2H3. The Kier molecular flexibility index (Phi) is 12.8. The van der Waals surface area contributed by atoms with Crippen LogP contribution in [-0.4, -0.2) is 23.5 Å². The average Bonchev–Trinajstić information content (AvgIpc) is 2.27. The summed E-state index contributed by atoms with van der Waals surface area (Å²) in [5, 5.41) is 2.60. The smallest absolute Gasteiger partial charge is 0.408 e. The van der Waals surface area contributed by atoms with Gasteiger partial charge in [-0.3, -0.25) is 4.79 Å². The van der Waals surface area contributed by atoms with Crippen LogP contribution in [0.5, 0.6) is 0 Å². The number of carbonyl (C=O) groups is 2. The van der Waals surface area contributed by atoms with E-state index in [1.54, 1.807) is 20.8 Å². The summed E-state index contributed by atoms with van der Waals surface area (Å²) in [5.74, 6) is -0.0710. The third kappa shape index (κ3) is 13.4. The van der Waals surface area contributed by atoms with Crippen LogP contribution in [0.25, 0.3) is 0 Å². The molecule has 0 heterocycles. The normalized spacial score (nSPS) is 11.9. The number of alkyl carbamates (subject to hydrolysis) is 1. The SMILES string of the molecule is CC.CC.CC(=O)C(NC(=O)OC(C)(C)C)C(C)(C)C. The first-order chi connectivity index (χ1) is 8.93. The van der Waals surface area contributed by atoms with Gasteiger partial charge in [0.1, 0.15) is 5.60 Å². The maximum Gasteiger partial charge on any atom is 0.408 e. The highest BCUT2D eigenvalue weighted by molar-refractivity contribution is 5.86. The van der Waals surface area contributed by atoms with Crippen molar-refractivity contribution in [1.29, 1.82) is 0 Å². The van der Waals surface area contributed by atoms with Gasteiger partial charge in [0.25, 0.3) is 0 Å². The molecular formula is C16H35NO3. The lowest BCUT2D eigenvalue weighted by molar-refractivity contribution is -0.121. The zero-order valence-corrected chi connectivity index (χ0v) is 15.3. The molecular weight excluding hydrogens is 254 g/mol. The minimum Gasteiger partial charge on any atom is -0.444 e. The van der Waals surface area contributed by atoms with Crippen molar-refractivity contribution in [3.05, 3.63) is 0 Å². The Hall–Kier alpha value is -1.06. The highest BCUT2D eigenvalue weighted by Crippen LogP contribution is 2.20. The molecule has 0 aromatic carbocycles. The molecule has 1 N–H and O–H groups in total. The van der Waals surface area contributed by atoms with E-state index in [1.807, 2.05) is 48.5 Å². The summed E-state index contributed by atoms with van der Waals surface area (Å²) in [7, 11) is 0. The Morgan fingerprint density at radius 2 is 1.25 bits per heavy atom. The minimum absolute atomic E-state index is 0.0710. The van der Waals surface area contributed by atoms with Crippen LogP contribution in [0.4, 0.5) is 4.79 Å². The number of amides is 1. The summed E-state index contributed by atoms with van der Waals surface area (Å²) >= 11 is 0. The van der Waals surface area contributed by atoms with Crippen LogP contribution < -0.4 is 5.32 Å². The predicted molar refractivity (Wildman–Crippen MR) is 86.0 cm³/mol. The van der Waals surface area contributed by atoms with E-state index in [-0.39, 0.29) is 11.2 Å². The van der Waals surface area contributed by atoms with E-state index in [2.05, 4.69) is 5.32 Å². The molecule has 0 aliphatic carbocycles. The van der Waals surface area contributed by atoms with Crippen molar-refractivity contribution in [3.63, 3.8) is 0 Å². The molecule has 0 aromatic heterocycles. The van der Waals surface area contributed by atoms with E-state index in [0.29, 0.717) is 0 Å². The van der Waals surface area contributed by atoms with Crippen LogP contribution in [0, 0.1) is 5.41 Å². The number of nitrogens with one attached hydrogen (secondary N) is 1. The lowest BCUT2D eigenvalue weighted by atomic mass is 9.85. The molecule has 20 heavy (non-hydrogen) atoms. The molecule has 0 radical (unpaired) electrons. The Bertz CT molecular complexity index is 272. The Labute approximate surface area is 125 Å². The van der Waals surface area contributed by atoms with E-state index in [9.17, 15) is 9.59 Å². The molecule has 4 nitrogen and oxygen atoms in total. The molecule has 0 bridgehead atoms. The second kappa shape index (κ2) is 10.7. The molecule has 122 valence electrons. The Morgan fingerprint density at radius 3 is 1.45 bits per heavy atom. The van der Waals surface area contributed by atoms with E-state index in [4.69, 9.17) is 4.74 Å². The lowest BCUT2D eigenvalue weighted by Crippen LogP contribution is -2.49. The van der Waals surface area contributed by atoms with E-state index < -0.39 is 17.7 Å². The van der Waals surface area contributed by atoms with Crippen LogP contribution in [0.1, 0.15) is 76.2 Å². The summed E-state index contributed by atoms with van der Waals surface area (Å²) in [6.45, 7) is 20.5. The summed E-state index contributed by atoms with van der Waals surface area (Å²) < 4.78 is 5.11. The van der Waals surface area contributed by atoms with Gasteiger partial charge < -0.3 is 10.1 Å². The van der Waals surface area contributed by atoms with E-state index >= 15 is 0 Å². The minimum atomic E-state index is -0.553. The van der Waals surface area contributed by atoms with E-state index in [0.717, 1.165) is 0 Å². The maximum absolute atomic E-state index is 11.5. The number of ether oxygens (including phenoxy) is 1. The number of Topliss-reactive ketones (excluding diaryl/α,β-unsaturated/α-hetero) is 1. The molecule has 0 saturated heterocycles. The van der Waals surface area contributed by atoms with Gasteiger partial charge >= 0.3 is 6.09 Å². The van der Waals surface area contributed by atoms with Gasteiger partial charge in [-0.15, -0.1) is 0 Å². The van der Waals surface area contributed by atoms with Crippen LogP contribution in [0.15, 0.2) is 0 Å². The van der Waals surface area contributed by atoms with Crippen LogP contribution in [0.2, 0.25) is 0 Å². The van der Waals surface area contributed by atoms with Gasteiger partial charge in [-0.25, -0.2) is 4.79 Å². The summed E-state index contributed by atoms with van der Waals surface area (Å²) in [6, 6.07) is -0.526. The number of ketones is 1. The fourth-order valence-corrected chi connectivity index (χ4v) is 1.35. The van der Waals surface area contributed by atoms with Crippen molar-refractivity contribution in [2.24, 2.45) is 5.41 Å². The second-order valence-corrected chi connectivity index (χ2v) is 6.06. The third-order valence-electron chi connectivity index (χ3n) is 1.93. The third-order valence-corrected chi connectivity index (χ3v) is 1.93. The lowest BCUT2D eigenvalue weighted by Gasteiger charge is -2.30. The average molecular weight is 289 g/mol. The summed E-state index contributed by atoms with van der Waals surface area (Å²) in [5.41, 5.74) is -0.869. The van der Waals surface area contributed by atoms with Crippen LogP contribution >= 0.6 is 0 Å². The fourth-order valence-electron chi connectivity index (χ4n) is 1.35. The molecule has 1 atom stereocenters. The maximum atomic E-state index is 11.5. The van der Waals surface area contributed by atoms with Crippen LogP contribution in [0.3, 0.4) is 0 Å². The quantitative estimate of drug-likeness (QED) is 0.810. The summed E-state index contributed by atoms with van der Waals surface area (Å²) in [4.78, 5) is 23.0. The topological polar surface area (TPSA) is 55.4 Å². The monoisotopic (exact) mass is 289 g/mol. The van der Waals surface area contributed by atoms with Gasteiger partial charge in [-0.05, 0) is 33.1 Å². The predicted octanol–water partition coefficient (Wildman–Crippen LogP) is 4.57. The molecule has 0 rings (SSSR count). The Balaban J connectivity index is -0.000000656. The van der Waals surface area contributed by atoms with Crippen molar-refractivity contribution < 1.29 is 14.3 Å². The number of carbonyl (C=O) groups excluding carboxylic acids is 2. The first-order valence-corrected chi connectivity index (χ1v) is 7.43. The number of hydrogen-bond acceptors (Lipinski definition) is 3. The molecule has 4 heteroatoms. The van der Waals surface area contributed by atoms with Crippen LogP contribution in [-0.2, 0) is 9.53 Å². The summed E-state index contributed by atoms with van der Waals surface area (Å²) in [6.07, 6.45) is -0.553. The van der Waals surface area contributed by atoms with Gasteiger partial charge in [-0.1, -0.05) is 48.5 Å². The first-order valence-electron chi connectivity index (χ1n) is 7.43. The zero-order valence-electron chi connectivity index (χ0n) is 15.3. The highest BCUT2D eigenvalue weighted by Gasteiger charge is 2.31. The highest BCUT2D eigenvalue weighted by atomic mass is 16.6. The van der Waals surface area contributed by atoms with Gasteiger partial charge in [0, 0.05) is 0 Å². The van der Waals surface area contributed by atoms with Crippen molar-refractivity contribution >= 4 is 11.9 Å². The van der Waals surface area contributed by atoms with E-state index in [1.165, 1.54) is 6.92 Å². The molecule has 0 saturated carbocycles.